The van der Waals surface area contributed by atoms with E-state index in [1.807, 2.05) is 19.1 Å². The molecule has 0 saturated heterocycles. The quantitative estimate of drug-likeness (QED) is 0.719. The zero-order valence-corrected chi connectivity index (χ0v) is 13.4. The van der Waals surface area contributed by atoms with Crippen molar-refractivity contribution >= 4 is 11.9 Å². The number of hydrogen-bond acceptors (Lipinski definition) is 6. The molecule has 1 amide bonds. The Hall–Kier alpha value is -2.54. The number of ether oxygens (including phenoxy) is 1. The highest BCUT2D eigenvalue weighted by Crippen LogP contribution is 2.07. The van der Waals surface area contributed by atoms with Gasteiger partial charge in [0.25, 0.3) is 5.91 Å². The number of aromatic nitrogens is 3. The van der Waals surface area contributed by atoms with Crippen LogP contribution in [0.3, 0.4) is 0 Å². The lowest BCUT2D eigenvalue weighted by molar-refractivity contribution is 0.0943. The minimum Gasteiger partial charge on any atom is -0.385 e. The summed E-state index contributed by atoms with van der Waals surface area (Å²) in [6, 6.07) is 5.49. The van der Waals surface area contributed by atoms with Crippen molar-refractivity contribution < 1.29 is 9.53 Å². The molecule has 122 valence electrons. The van der Waals surface area contributed by atoms with Crippen molar-refractivity contribution in [2.75, 3.05) is 25.6 Å². The van der Waals surface area contributed by atoms with Gasteiger partial charge in [0, 0.05) is 44.9 Å². The fourth-order valence-electron chi connectivity index (χ4n) is 1.96. The Balaban J connectivity index is 1.96. The summed E-state index contributed by atoms with van der Waals surface area (Å²) in [7, 11) is 1.63. The molecule has 0 aliphatic carbocycles. The maximum atomic E-state index is 12.1. The zero-order valence-electron chi connectivity index (χ0n) is 13.4. The third-order valence-corrected chi connectivity index (χ3v) is 3.07. The molecular weight excluding hydrogens is 294 g/mol. The summed E-state index contributed by atoms with van der Waals surface area (Å²) in [5.74, 6) is 0.215. The largest absolute Gasteiger partial charge is 0.385 e. The molecule has 0 fully saturated rings. The molecule has 2 aromatic rings. The van der Waals surface area contributed by atoms with Crippen LogP contribution in [-0.2, 0) is 11.3 Å². The predicted molar refractivity (Wildman–Crippen MR) is 87.2 cm³/mol. The number of rotatable bonds is 8. The van der Waals surface area contributed by atoms with E-state index >= 15 is 0 Å². The first-order chi connectivity index (χ1) is 11.2. The first-order valence-electron chi connectivity index (χ1n) is 7.44. The average Bonchev–Trinajstić information content (AvgIpc) is 2.57. The Labute approximate surface area is 135 Å². The normalized spacial score (nSPS) is 10.3. The molecule has 0 atom stereocenters. The van der Waals surface area contributed by atoms with Gasteiger partial charge in [-0.25, -0.2) is 9.97 Å². The van der Waals surface area contributed by atoms with Gasteiger partial charge in [0.1, 0.15) is 5.69 Å². The molecule has 0 aromatic carbocycles. The highest BCUT2D eigenvalue weighted by Gasteiger charge is 2.10. The molecule has 0 radical (unpaired) electrons. The van der Waals surface area contributed by atoms with E-state index in [2.05, 4.69) is 25.6 Å². The molecule has 2 aromatic heterocycles. The van der Waals surface area contributed by atoms with Crippen molar-refractivity contribution in [3.8, 4) is 0 Å². The molecule has 0 aliphatic heterocycles. The van der Waals surface area contributed by atoms with E-state index in [9.17, 15) is 4.79 Å². The molecule has 0 unspecified atom stereocenters. The number of pyridine rings is 1. The zero-order chi connectivity index (χ0) is 16.5. The van der Waals surface area contributed by atoms with Gasteiger partial charge >= 0.3 is 0 Å². The van der Waals surface area contributed by atoms with Crippen LogP contribution in [-0.4, -0.2) is 41.1 Å². The van der Waals surface area contributed by atoms with Crippen LogP contribution >= 0.6 is 0 Å². The van der Waals surface area contributed by atoms with Crippen molar-refractivity contribution in [1.29, 1.82) is 0 Å². The van der Waals surface area contributed by atoms with E-state index in [0.717, 1.165) is 17.7 Å². The molecule has 2 heterocycles. The van der Waals surface area contributed by atoms with Gasteiger partial charge in [0.15, 0.2) is 0 Å². The van der Waals surface area contributed by atoms with Crippen molar-refractivity contribution in [3.05, 3.63) is 47.5 Å². The minimum atomic E-state index is -0.212. The number of carbonyl (C=O) groups excluding carboxylic acids is 1. The van der Waals surface area contributed by atoms with Crippen LogP contribution in [0.4, 0.5) is 5.95 Å². The fraction of sp³-hybridized carbons (Fsp3) is 0.375. The number of carbonyl (C=O) groups is 1. The third kappa shape index (κ3) is 5.63. The fourth-order valence-corrected chi connectivity index (χ4v) is 1.96. The van der Waals surface area contributed by atoms with E-state index in [1.54, 1.807) is 25.6 Å². The third-order valence-electron chi connectivity index (χ3n) is 3.07. The second-order valence-corrected chi connectivity index (χ2v) is 5.04. The maximum Gasteiger partial charge on any atom is 0.270 e. The molecule has 2 N–H and O–H groups in total. The van der Waals surface area contributed by atoms with Crippen LogP contribution in [0.2, 0.25) is 0 Å². The van der Waals surface area contributed by atoms with Gasteiger partial charge in [-0.2, -0.15) is 0 Å². The Morgan fingerprint density at radius 1 is 1.35 bits per heavy atom. The van der Waals surface area contributed by atoms with E-state index in [-0.39, 0.29) is 5.91 Å². The van der Waals surface area contributed by atoms with E-state index < -0.39 is 0 Å². The number of nitrogens with zero attached hydrogens (tertiary/aromatic N) is 3. The van der Waals surface area contributed by atoms with Crippen LogP contribution in [0.5, 0.6) is 0 Å². The number of amides is 1. The Morgan fingerprint density at radius 3 is 2.96 bits per heavy atom. The Morgan fingerprint density at radius 2 is 2.22 bits per heavy atom. The number of methoxy groups -OCH3 is 1. The highest BCUT2D eigenvalue weighted by atomic mass is 16.5. The SMILES string of the molecule is COCCCNC(=O)c1cc(C)nc(NCc2cccnc2)n1. The average molecular weight is 315 g/mol. The first kappa shape index (κ1) is 16.8. The standard InChI is InChI=1S/C16H21N5O2/c1-12-9-14(15(22)18-7-4-8-23-2)21-16(20-12)19-11-13-5-3-6-17-10-13/h3,5-6,9-10H,4,7-8,11H2,1-2H3,(H,18,22)(H,19,20,21). The van der Waals surface area contributed by atoms with Crippen LogP contribution < -0.4 is 10.6 Å². The number of anilines is 1. The monoisotopic (exact) mass is 315 g/mol. The maximum absolute atomic E-state index is 12.1. The summed E-state index contributed by atoms with van der Waals surface area (Å²) in [5, 5.41) is 5.93. The van der Waals surface area contributed by atoms with Crippen molar-refractivity contribution in [1.82, 2.24) is 20.3 Å². The van der Waals surface area contributed by atoms with Crippen LogP contribution in [0.1, 0.15) is 28.2 Å². The molecular formula is C16H21N5O2. The van der Waals surface area contributed by atoms with Crippen molar-refractivity contribution in [2.45, 2.75) is 19.9 Å². The van der Waals surface area contributed by atoms with Gasteiger partial charge < -0.3 is 15.4 Å². The molecule has 0 aliphatic rings. The van der Waals surface area contributed by atoms with Gasteiger partial charge in [0.05, 0.1) is 0 Å². The summed E-state index contributed by atoms with van der Waals surface area (Å²) in [5.41, 5.74) is 2.10. The summed E-state index contributed by atoms with van der Waals surface area (Å²) in [6.07, 6.45) is 4.25. The second-order valence-electron chi connectivity index (χ2n) is 5.04. The number of nitrogens with one attached hydrogen (secondary N) is 2. The smallest absolute Gasteiger partial charge is 0.270 e. The van der Waals surface area contributed by atoms with Crippen molar-refractivity contribution in [3.63, 3.8) is 0 Å². The van der Waals surface area contributed by atoms with E-state index in [0.29, 0.717) is 31.3 Å². The van der Waals surface area contributed by atoms with Gasteiger partial charge in [-0.05, 0) is 31.0 Å². The lowest BCUT2D eigenvalue weighted by Crippen LogP contribution is -2.26. The summed E-state index contributed by atoms with van der Waals surface area (Å²) >= 11 is 0. The van der Waals surface area contributed by atoms with Gasteiger partial charge in [0.2, 0.25) is 5.95 Å². The molecule has 0 saturated carbocycles. The molecule has 2 rings (SSSR count). The highest BCUT2D eigenvalue weighted by molar-refractivity contribution is 5.92. The summed E-state index contributed by atoms with van der Waals surface area (Å²) in [4.78, 5) is 24.7. The molecule has 7 nitrogen and oxygen atoms in total. The first-order valence-corrected chi connectivity index (χ1v) is 7.44. The Bertz CT molecular complexity index is 634. The van der Waals surface area contributed by atoms with Crippen LogP contribution in [0.25, 0.3) is 0 Å². The van der Waals surface area contributed by atoms with Gasteiger partial charge in [-0.15, -0.1) is 0 Å². The number of aryl methyl sites for hydroxylation is 1. The minimum absolute atomic E-state index is 0.212. The number of hydrogen-bond donors (Lipinski definition) is 2. The lowest BCUT2D eigenvalue weighted by Gasteiger charge is -2.09. The van der Waals surface area contributed by atoms with Gasteiger partial charge in [-0.1, -0.05) is 6.07 Å². The molecule has 23 heavy (non-hydrogen) atoms. The summed E-state index contributed by atoms with van der Waals surface area (Å²) in [6.45, 7) is 3.54. The van der Waals surface area contributed by atoms with E-state index in [4.69, 9.17) is 4.74 Å². The molecule has 0 bridgehead atoms. The van der Waals surface area contributed by atoms with Crippen LogP contribution in [0, 0.1) is 6.92 Å². The molecule has 0 spiro atoms. The van der Waals surface area contributed by atoms with Crippen molar-refractivity contribution in [2.24, 2.45) is 0 Å². The topological polar surface area (TPSA) is 89.0 Å². The predicted octanol–water partition coefficient (Wildman–Crippen LogP) is 1.56. The summed E-state index contributed by atoms with van der Waals surface area (Å²) < 4.78 is 4.95. The van der Waals surface area contributed by atoms with Gasteiger partial charge in [-0.3, -0.25) is 9.78 Å². The molecule has 7 heteroatoms. The second kappa shape index (κ2) is 8.79. The lowest BCUT2D eigenvalue weighted by atomic mass is 10.3. The van der Waals surface area contributed by atoms with E-state index in [1.165, 1.54) is 0 Å². The Kier molecular flexibility index (Phi) is 6.43. The van der Waals surface area contributed by atoms with Crippen LogP contribution in [0.15, 0.2) is 30.6 Å².